The molecule has 0 aliphatic heterocycles. The third-order valence-corrected chi connectivity index (χ3v) is 7.27. The average molecular weight is 548 g/mol. The highest BCUT2D eigenvalue weighted by atomic mass is 35.5. The predicted octanol–water partition coefficient (Wildman–Crippen LogP) is 7.00. The van der Waals surface area contributed by atoms with E-state index in [0.29, 0.717) is 27.7 Å². The minimum atomic E-state index is -0.332. The van der Waals surface area contributed by atoms with Gasteiger partial charge in [-0.25, -0.2) is 15.0 Å². The number of hydrogen-bond acceptors (Lipinski definition) is 4. The van der Waals surface area contributed by atoms with E-state index in [1.54, 1.807) is 24.8 Å². The number of nitrogens with two attached hydrogens (primary N) is 1. The fraction of sp³-hybridized carbons (Fsp3) is 0.107. The van der Waals surface area contributed by atoms with Gasteiger partial charge in [0.25, 0.3) is 0 Å². The van der Waals surface area contributed by atoms with E-state index >= 15 is 0 Å². The van der Waals surface area contributed by atoms with Crippen LogP contribution in [0.25, 0.3) is 0 Å². The number of guanidine groups is 1. The van der Waals surface area contributed by atoms with Crippen molar-refractivity contribution in [2.45, 2.75) is 18.6 Å². The Hall–Kier alpha value is -3.65. The van der Waals surface area contributed by atoms with Crippen molar-refractivity contribution < 1.29 is 0 Å². The van der Waals surface area contributed by atoms with Crippen LogP contribution >= 0.6 is 34.5 Å². The average Bonchev–Trinajstić information content (AvgIpc) is 3.63. The number of halogens is 2. The van der Waals surface area contributed by atoms with Crippen LogP contribution in [0.1, 0.15) is 28.8 Å². The maximum atomic E-state index is 6.88. The second-order valence-corrected chi connectivity index (χ2v) is 10.1. The highest BCUT2D eigenvalue weighted by Gasteiger charge is 2.29. The molecule has 186 valence electrons. The van der Waals surface area contributed by atoms with Crippen molar-refractivity contribution in [2.24, 2.45) is 10.7 Å². The van der Waals surface area contributed by atoms with Crippen LogP contribution in [0.5, 0.6) is 0 Å². The van der Waals surface area contributed by atoms with Gasteiger partial charge in [-0.05, 0) is 28.8 Å². The number of hydrogen-bond donors (Lipinski definition) is 1. The van der Waals surface area contributed by atoms with E-state index in [1.165, 1.54) is 11.3 Å². The quantitative estimate of drug-likeness (QED) is 0.168. The highest BCUT2D eigenvalue weighted by molar-refractivity contribution is 7.13. The zero-order valence-corrected chi connectivity index (χ0v) is 22.1. The first-order valence-electron chi connectivity index (χ1n) is 11.6. The van der Waals surface area contributed by atoms with Crippen LogP contribution in [-0.4, -0.2) is 20.5 Å². The third kappa shape index (κ3) is 5.85. The molecule has 0 amide bonds. The number of aromatic nitrogens is 3. The monoisotopic (exact) mass is 546 g/mol. The van der Waals surface area contributed by atoms with Gasteiger partial charge in [0.15, 0.2) is 11.1 Å². The lowest BCUT2D eigenvalue weighted by Crippen LogP contribution is -2.42. The summed E-state index contributed by atoms with van der Waals surface area (Å²) in [6, 6.07) is 25.1. The van der Waals surface area contributed by atoms with Crippen molar-refractivity contribution in [1.29, 1.82) is 0 Å². The summed E-state index contributed by atoms with van der Waals surface area (Å²) in [4.78, 5) is 15.9. The van der Waals surface area contributed by atoms with Gasteiger partial charge < -0.3 is 10.3 Å². The molecule has 6 nitrogen and oxygen atoms in total. The van der Waals surface area contributed by atoms with Gasteiger partial charge in [0.2, 0.25) is 0 Å². The fourth-order valence-electron chi connectivity index (χ4n) is 4.22. The van der Waals surface area contributed by atoms with Crippen molar-refractivity contribution in [3.63, 3.8) is 0 Å². The molecule has 2 aromatic heterocycles. The summed E-state index contributed by atoms with van der Waals surface area (Å²) in [5.41, 5.74) is 9.80. The Labute approximate surface area is 229 Å². The summed E-state index contributed by atoms with van der Waals surface area (Å²) in [6.45, 7) is 0.512. The van der Waals surface area contributed by atoms with Gasteiger partial charge in [-0.2, -0.15) is 0 Å². The lowest BCUT2D eigenvalue weighted by Gasteiger charge is -2.32. The van der Waals surface area contributed by atoms with E-state index in [9.17, 15) is 0 Å². The first-order valence-corrected chi connectivity index (χ1v) is 13.3. The molecule has 0 spiro atoms. The molecule has 0 saturated heterocycles. The summed E-state index contributed by atoms with van der Waals surface area (Å²) in [7, 11) is 0. The zero-order chi connectivity index (χ0) is 25.6. The minimum absolute atomic E-state index is 0.306. The molecule has 0 radical (unpaired) electrons. The van der Waals surface area contributed by atoms with E-state index < -0.39 is 0 Å². The van der Waals surface area contributed by atoms with Crippen LogP contribution in [0.15, 0.2) is 114 Å². The molecule has 9 heteroatoms. The van der Waals surface area contributed by atoms with Crippen molar-refractivity contribution in [2.75, 3.05) is 4.90 Å². The summed E-state index contributed by atoms with van der Waals surface area (Å²) >= 11 is 14.5. The van der Waals surface area contributed by atoms with E-state index in [-0.39, 0.29) is 12.1 Å². The van der Waals surface area contributed by atoms with Crippen LogP contribution < -0.4 is 10.6 Å². The van der Waals surface area contributed by atoms with Crippen LogP contribution in [0.3, 0.4) is 0 Å². The summed E-state index contributed by atoms with van der Waals surface area (Å²) in [5, 5.41) is 3.72. The van der Waals surface area contributed by atoms with E-state index in [2.05, 4.69) is 34.2 Å². The van der Waals surface area contributed by atoms with E-state index in [0.717, 1.165) is 16.7 Å². The normalized spacial score (nSPS) is 12.6. The Morgan fingerprint density at radius 2 is 1.68 bits per heavy atom. The van der Waals surface area contributed by atoms with Gasteiger partial charge in [-0.3, -0.25) is 4.90 Å². The standard InChI is InChI=1S/C28H24Cl2N6S/c29-22-11-12-23(24(30)17-22)25(18-35-15-13-32-19-35)36(28-33-14-16-37-28)27(31)34-26(20-7-3-1-4-8-20)21-9-5-2-6-10-21/h1-17,19,25-26H,18H2,(H2,31,34). The molecular weight excluding hydrogens is 523 g/mol. The molecule has 3 aromatic carbocycles. The molecule has 0 bridgehead atoms. The molecule has 0 aliphatic rings. The molecule has 1 unspecified atom stereocenters. The highest BCUT2D eigenvalue weighted by Crippen LogP contribution is 2.36. The molecule has 2 heterocycles. The third-order valence-electron chi connectivity index (χ3n) is 5.94. The van der Waals surface area contributed by atoms with Gasteiger partial charge in [-0.15, -0.1) is 11.3 Å². The number of rotatable bonds is 8. The van der Waals surface area contributed by atoms with E-state index in [4.69, 9.17) is 33.9 Å². The summed E-state index contributed by atoms with van der Waals surface area (Å²) in [6.07, 6.45) is 7.16. The predicted molar refractivity (Wildman–Crippen MR) is 152 cm³/mol. The second kappa shape index (κ2) is 11.6. The maximum absolute atomic E-state index is 6.88. The van der Waals surface area contributed by atoms with Crippen LogP contribution in [-0.2, 0) is 6.54 Å². The Morgan fingerprint density at radius 1 is 0.973 bits per heavy atom. The number of benzene rings is 3. The Bertz CT molecular complexity index is 1400. The number of aliphatic imine (C=N–C) groups is 1. The number of imidazole rings is 1. The molecule has 1 atom stereocenters. The topological polar surface area (TPSA) is 72.3 Å². The van der Waals surface area contributed by atoms with Crippen LogP contribution in [0, 0.1) is 0 Å². The lowest BCUT2D eigenvalue weighted by molar-refractivity contribution is 0.568. The second-order valence-electron chi connectivity index (χ2n) is 8.34. The molecule has 0 fully saturated rings. The molecule has 5 aromatic rings. The van der Waals surface area contributed by atoms with Crippen molar-refractivity contribution in [1.82, 2.24) is 14.5 Å². The van der Waals surface area contributed by atoms with Crippen LogP contribution in [0.2, 0.25) is 10.0 Å². The summed E-state index contributed by atoms with van der Waals surface area (Å²) < 4.78 is 1.98. The van der Waals surface area contributed by atoms with Crippen molar-refractivity contribution in [3.05, 3.63) is 136 Å². The van der Waals surface area contributed by atoms with Gasteiger partial charge in [0, 0.05) is 40.6 Å². The summed E-state index contributed by atoms with van der Waals surface area (Å²) in [5.74, 6) is 0.323. The Balaban J connectivity index is 1.65. The molecule has 37 heavy (non-hydrogen) atoms. The Kier molecular flexibility index (Phi) is 7.84. The van der Waals surface area contributed by atoms with Crippen molar-refractivity contribution in [3.8, 4) is 0 Å². The SMILES string of the molecule is NC(=NC(c1ccccc1)c1ccccc1)N(c1nccs1)C(Cn1ccnc1)c1ccc(Cl)cc1Cl. The molecule has 2 N–H and O–H groups in total. The number of nitrogens with zero attached hydrogens (tertiary/aromatic N) is 5. The lowest BCUT2D eigenvalue weighted by atomic mass is 9.99. The smallest absolute Gasteiger partial charge is 0.199 e. The fourth-order valence-corrected chi connectivity index (χ4v) is 5.45. The minimum Gasteiger partial charge on any atom is -0.369 e. The molecular formula is C28H24Cl2N6S. The number of anilines is 1. The van der Waals surface area contributed by atoms with Gasteiger partial charge >= 0.3 is 0 Å². The number of thiazole rings is 1. The molecule has 0 saturated carbocycles. The zero-order valence-electron chi connectivity index (χ0n) is 19.7. The van der Waals surface area contributed by atoms with Gasteiger partial charge in [0.05, 0.1) is 12.4 Å². The first-order chi connectivity index (χ1) is 18.1. The maximum Gasteiger partial charge on any atom is 0.199 e. The molecule has 0 aliphatic carbocycles. The largest absolute Gasteiger partial charge is 0.369 e. The molecule has 5 rings (SSSR count). The Morgan fingerprint density at radius 3 is 2.24 bits per heavy atom. The van der Waals surface area contributed by atoms with E-state index in [1.807, 2.05) is 69.6 Å². The van der Waals surface area contributed by atoms with Crippen LogP contribution in [0.4, 0.5) is 5.13 Å². The van der Waals surface area contributed by atoms with Gasteiger partial charge in [-0.1, -0.05) is 89.9 Å². The van der Waals surface area contributed by atoms with Crippen molar-refractivity contribution >= 4 is 45.6 Å². The van der Waals surface area contributed by atoms with Gasteiger partial charge in [0.1, 0.15) is 6.04 Å². The first kappa shape index (κ1) is 25.0.